The highest BCUT2D eigenvalue weighted by Crippen LogP contribution is 2.30. The fraction of sp³-hybridized carbons (Fsp3) is 0.100. The minimum absolute atomic E-state index is 0.674. The number of aryl methyl sites for hydroxylation is 1. The number of hydrogen-bond acceptors (Lipinski definition) is 2. The van der Waals surface area contributed by atoms with Crippen LogP contribution in [0.4, 0.5) is 0 Å². The topological polar surface area (TPSA) is 36.7 Å². The lowest BCUT2D eigenvalue weighted by molar-refractivity contribution is 1.03. The van der Waals surface area contributed by atoms with E-state index in [0.717, 1.165) is 34.5 Å². The van der Waals surface area contributed by atoms with Crippen LogP contribution in [0.5, 0.6) is 0 Å². The zero-order chi connectivity index (χ0) is 15.4. The number of hydrogen-bond donors (Lipinski definition) is 0. The minimum atomic E-state index is 0.674. The van der Waals surface area contributed by atoms with Gasteiger partial charge in [0, 0.05) is 11.1 Å². The normalized spacial score (nSPS) is 10.2. The van der Waals surface area contributed by atoms with Gasteiger partial charge in [0.1, 0.15) is 6.07 Å². The second-order valence-electron chi connectivity index (χ2n) is 5.07. The summed E-state index contributed by atoms with van der Waals surface area (Å²) in [7, 11) is 0. The van der Waals surface area contributed by atoms with Crippen molar-refractivity contribution in [1.82, 2.24) is 4.98 Å². The second-order valence-corrected chi connectivity index (χ2v) is 5.07. The molecule has 0 bridgehead atoms. The fourth-order valence-corrected chi connectivity index (χ4v) is 2.58. The summed E-state index contributed by atoms with van der Waals surface area (Å²) in [6.45, 7) is 2.03. The Labute approximate surface area is 130 Å². The average Bonchev–Trinajstić information content (AvgIpc) is 2.62. The van der Waals surface area contributed by atoms with Crippen molar-refractivity contribution in [3.8, 4) is 28.5 Å². The average molecular weight is 284 g/mol. The molecule has 2 heteroatoms. The van der Waals surface area contributed by atoms with Crippen molar-refractivity contribution in [3.05, 3.63) is 78.0 Å². The van der Waals surface area contributed by atoms with E-state index in [4.69, 9.17) is 4.98 Å². The monoisotopic (exact) mass is 284 g/mol. The Morgan fingerprint density at radius 1 is 0.909 bits per heavy atom. The Hall–Kier alpha value is -2.92. The molecule has 0 spiro atoms. The summed E-state index contributed by atoms with van der Waals surface area (Å²) in [6.07, 6.45) is 0.739. The molecule has 22 heavy (non-hydrogen) atoms. The number of pyridine rings is 1. The Kier molecular flexibility index (Phi) is 3.98. The highest BCUT2D eigenvalue weighted by atomic mass is 14.7. The minimum Gasteiger partial charge on any atom is -0.251 e. The van der Waals surface area contributed by atoms with Crippen LogP contribution in [0, 0.1) is 11.3 Å². The number of aromatic nitrogens is 1. The molecule has 0 fully saturated rings. The fourth-order valence-electron chi connectivity index (χ4n) is 2.58. The van der Waals surface area contributed by atoms with Gasteiger partial charge in [-0.15, -0.1) is 0 Å². The van der Waals surface area contributed by atoms with Gasteiger partial charge in [-0.3, -0.25) is 4.98 Å². The van der Waals surface area contributed by atoms with E-state index in [9.17, 15) is 5.26 Å². The van der Waals surface area contributed by atoms with Crippen LogP contribution >= 0.6 is 0 Å². The van der Waals surface area contributed by atoms with Crippen LogP contribution in [-0.2, 0) is 6.42 Å². The summed E-state index contributed by atoms with van der Waals surface area (Å²) < 4.78 is 0. The zero-order valence-electron chi connectivity index (χ0n) is 12.5. The van der Waals surface area contributed by atoms with E-state index in [0.29, 0.717) is 5.56 Å². The lowest BCUT2D eigenvalue weighted by Crippen LogP contribution is -1.99. The molecule has 0 aliphatic rings. The van der Waals surface area contributed by atoms with Crippen molar-refractivity contribution in [2.24, 2.45) is 0 Å². The molecule has 0 saturated carbocycles. The molecule has 1 heterocycles. The molecular formula is C20H16N2. The Morgan fingerprint density at radius 2 is 1.50 bits per heavy atom. The molecule has 0 N–H and O–H groups in total. The zero-order valence-corrected chi connectivity index (χ0v) is 12.5. The predicted molar refractivity (Wildman–Crippen MR) is 89.2 cm³/mol. The summed E-state index contributed by atoms with van der Waals surface area (Å²) in [4.78, 5) is 4.70. The molecule has 0 unspecified atom stereocenters. The molecule has 3 aromatic rings. The number of benzene rings is 2. The van der Waals surface area contributed by atoms with Crippen molar-refractivity contribution in [1.29, 1.82) is 5.26 Å². The van der Waals surface area contributed by atoms with Gasteiger partial charge >= 0.3 is 0 Å². The van der Waals surface area contributed by atoms with Crippen molar-refractivity contribution in [2.75, 3.05) is 0 Å². The molecule has 2 aromatic carbocycles. The van der Waals surface area contributed by atoms with E-state index in [1.165, 1.54) is 0 Å². The van der Waals surface area contributed by atoms with Crippen molar-refractivity contribution < 1.29 is 0 Å². The maximum absolute atomic E-state index is 9.56. The maximum atomic E-state index is 9.56. The van der Waals surface area contributed by atoms with Gasteiger partial charge in [-0.25, -0.2) is 0 Å². The van der Waals surface area contributed by atoms with Gasteiger partial charge in [0.25, 0.3) is 0 Å². The lowest BCUT2D eigenvalue weighted by atomic mass is 9.96. The third-order valence-electron chi connectivity index (χ3n) is 3.70. The highest BCUT2D eigenvalue weighted by Gasteiger charge is 2.13. The van der Waals surface area contributed by atoms with Crippen molar-refractivity contribution in [3.63, 3.8) is 0 Å². The molecule has 0 saturated heterocycles. The first-order valence-electron chi connectivity index (χ1n) is 7.38. The molecule has 0 radical (unpaired) electrons. The first kappa shape index (κ1) is 14.0. The van der Waals surface area contributed by atoms with E-state index in [1.807, 2.05) is 73.7 Å². The molecule has 2 nitrogen and oxygen atoms in total. The molecule has 0 aliphatic carbocycles. The van der Waals surface area contributed by atoms with E-state index >= 15 is 0 Å². The van der Waals surface area contributed by atoms with Crippen molar-refractivity contribution >= 4 is 0 Å². The standard InChI is InChI=1S/C20H16N2/c1-2-19-18(14-21)17(15-9-5-3-6-10-15)13-20(22-19)16-11-7-4-8-12-16/h3-13H,2H2,1H3. The first-order chi connectivity index (χ1) is 10.8. The number of rotatable bonds is 3. The van der Waals surface area contributed by atoms with Gasteiger partial charge in [-0.2, -0.15) is 5.26 Å². The highest BCUT2D eigenvalue weighted by molar-refractivity contribution is 5.76. The molecule has 0 aliphatic heterocycles. The van der Waals surface area contributed by atoms with Crippen LogP contribution in [0.3, 0.4) is 0 Å². The predicted octanol–water partition coefficient (Wildman–Crippen LogP) is 4.85. The number of nitrogens with zero attached hydrogens (tertiary/aromatic N) is 2. The summed E-state index contributed by atoms with van der Waals surface area (Å²) in [5.74, 6) is 0. The van der Waals surface area contributed by atoms with Crippen LogP contribution in [0.1, 0.15) is 18.2 Å². The third kappa shape index (κ3) is 2.62. The summed E-state index contributed by atoms with van der Waals surface area (Å²) >= 11 is 0. The van der Waals surface area contributed by atoms with Crippen molar-refractivity contribution in [2.45, 2.75) is 13.3 Å². The van der Waals surface area contributed by atoms with Gasteiger partial charge in [0.2, 0.25) is 0 Å². The van der Waals surface area contributed by atoms with Crippen LogP contribution in [-0.4, -0.2) is 4.98 Å². The molecule has 0 amide bonds. The van der Waals surface area contributed by atoms with Gasteiger partial charge in [0.05, 0.1) is 17.0 Å². The summed E-state index contributed by atoms with van der Waals surface area (Å²) in [6, 6.07) is 24.5. The summed E-state index contributed by atoms with van der Waals surface area (Å²) in [5, 5.41) is 9.56. The van der Waals surface area contributed by atoms with E-state index in [2.05, 4.69) is 6.07 Å². The molecular weight excluding hydrogens is 268 g/mol. The summed E-state index contributed by atoms with van der Waals surface area (Å²) in [5.41, 5.74) is 5.51. The quantitative estimate of drug-likeness (QED) is 0.689. The van der Waals surface area contributed by atoms with E-state index in [1.54, 1.807) is 0 Å². The van der Waals surface area contributed by atoms with E-state index in [-0.39, 0.29) is 0 Å². The van der Waals surface area contributed by atoms with Gasteiger partial charge in [0.15, 0.2) is 0 Å². The molecule has 1 aromatic heterocycles. The molecule has 0 atom stereocenters. The maximum Gasteiger partial charge on any atom is 0.102 e. The van der Waals surface area contributed by atoms with Gasteiger partial charge in [-0.1, -0.05) is 67.6 Å². The number of nitriles is 1. The first-order valence-corrected chi connectivity index (χ1v) is 7.38. The van der Waals surface area contributed by atoms with Crippen LogP contribution in [0.15, 0.2) is 66.7 Å². The van der Waals surface area contributed by atoms with E-state index < -0.39 is 0 Å². The Bertz CT molecular complexity index is 816. The lowest BCUT2D eigenvalue weighted by Gasteiger charge is -2.11. The SMILES string of the molecule is CCc1nc(-c2ccccc2)cc(-c2ccccc2)c1C#N. The molecule has 106 valence electrons. The Morgan fingerprint density at radius 3 is 2.05 bits per heavy atom. The second kappa shape index (κ2) is 6.24. The smallest absolute Gasteiger partial charge is 0.102 e. The van der Waals surface area contributed by atoms with Gasteiger partial charge in [-0.05, 0) is 18.1 Å². The van der Waals surface area contributed by atoms with Crippen LogP contribution in [0.2, 0.25) is 0 Å². The van der Waals surface area contributed by atoms with Crippen LogP contribution < -0.4 is 0 Å². The van der Waals surface area contributed by atoms with Gasteiger partial charge < -0.3 is 0 Å². The Balaban J connectivity index is 2.26. The molecule has 3 rings (SSSR count). The third-order valence-corrected chi connectivity index (χ3v) is 3.70. The van der Waals surface area contributed by atoms with Crippen LogP contribution in [0.25, 0.3) is 22.4 Å². The largest absolute Gasteiger partial charge is 0.251 e.